The Labute approximate surface area is 180 Å². The van der Waals surface area contributed by atoms with E-state index in [0.717, 1.165) is 33.2 Å². The van der Waals surface area contributed by atoms with Crippen LogP contribution in [0.2, 0.25) is 0 Å². The normalized spacial score (nSPS) is 12.9. The first-order valence-corrected chi connectivity index (χ1v) is 10.3. The summed E-state index contributed by atoms with van der Waals surface area (Å²) in [6, 6.07) is 13.5. The molecule has 160 valence electrons. The molecule has 1 atom stereocenters. The lowest BCUT2D eigenvalue weighted by Crippen LogP contribution is -2.45. The minimum Gasteiger partial charge on any atom is -0.347 e. The number of rotatable bonds is 6. The molecule has 2 heterocycles. The number of pyridine rings is 1. The number of aromatic amines is 1. The summed E-state index contributed by atoms with van der Waals surface area (Å²) in [7, 11) is 0. The zero-order valence-electron chi connectivity index (χ0n) is 17.9. The van der Waals surface area contributed by atoms with Crippen molar-refractivity contribution in [1.29, 1.82) is 0 Å². The Kier molecular flexibility index (Phi) is 5.45. The molecular formula is C24H26FN5O. The fourth-order valence-electron chi connectivity index (χ4n) is 3.87. The molecule has 0 aliphatic carbocycles. The number of halogens is 1. The lowest BCUT2D eigenvalue weighted by Gasteiger charge is -2.26. The molecule has 1 amide bonds. The Balaban J connectivity index is 1.71. The molecular weight excluding hydrogens is 393 g/mol. The van der Waals surface area contributed by atoms with Crippen LogP contribution in [0.4, 0.5) is 4.39 Å². The van der Waals surface area contributed by atoms with E-state index < -0.39 is 5.54 Å². The van der Waals surface area contributed by atoms with Gasteiger partial charge in [-0.05, 0) is 44.2 Å². The number of para-hydroxylation sites is 1. The van der Waals surface area contributed by atoms with E-state index in [-0.39, 0.29) is 17.6 Å². The zero-order chi connectivity index (χ0) is 22.2. The number of fused-ring (bicyclic) bond motifs is 3. The van der Waals surface area contributed by atoms with E-state index >= 15 is 0 Å². The van der Waals surface area contributed by atoms with E-state index in [0.29, 0.717) is 18.5 Å². The Hall–Kier alpha value is -3.32. The predicted octanol–water partition coefficient (Wildman–Crippen LogP) is 4.06. The van der Waals surface area contributed by atoms with Gasteiger partial charge in [-0.2, -0.15) is 5.10 Å². The average molecular weight is 420 g/mol. The predicted molar refractivity (Wildman–Crippen MR) is 121 cm³/mol. The Bertz CT molecular complexity index is 1250. The number of carbonyl (C=O) groups excluding carboxylic acids is 1. The summed E-state index contributed by atoms with van der Waals surface area (Å²) in [5.41, 5.74) is 9.25. The van der Waals surface area contributed by atoms with E-state index in [4.69, 9.17) is 10.7 Å². The topological polar surface area (TPSA) is 96.7 Å². The molecule has 0 spiro atoms. The van der Waals surface area contributed by atoms with Gasteiger partial charge in [-0.15, -0.1) is 0 Å². The van der Waals surface area contributed by atoms with Crippen molar-refractivity contribution in [1.82, 2.24) is 20.5 Å². The number of benzene rings is 2. The van der Waals surface area contributed by atoms with Crippen molar-refractivity contribution in [3.05, 3.63) is 71.3 Å². The van der Waals surface area contributed by atoms with Gasteiger partial charge in [-0.3, -0.25) is 14.9 Å². The van der Waals surface area contributed by atoms with E-state index in [1.165, 1.54) is 24.3 Å². The van der Waals surface area contributed by atoms with Gasteiger partial charge in [0.25, 0.3) is 5.91 Å². The molecule has 4 aromatic rings. The summed E-state index contributed by atoms with van der Waals surface area (Å²) >= 11 is 0. The first kappa shape index (κ1) is 20.9. The van der Waals surface area contributed by atoms with Crippen LogP contribution in [0.15, 0.2) is 48.5 Å². The van der Waals surface area contributed by atoms with Crippen molar-refractivity contribution in [2.45, 2.75) is 38.6 Å². The van der Waals surface area contributed by atoms with E-state index in [1.54, 1.807) is 0 Å². The zero-order valence-corrected chi connectivity index (χ0v) is 17.9. The molecule has 2 aromatic heterocycles. The monoisotopic (exact) mass is 419 g/mol. The molecule has 4 rings (SSSR count). The largest absolute Gasteiger partial charge is 0.347 e. The number of H-pyrrole nitrogens is 1. The maximum absolute atomic E-state index is 13.2. The van der Waals surface area contributed by atoms with Crippen LogP contribution in [0, 0.1) is 5.82 Å². The van der Waals surface area contributed by atoms with Crippen molar-refractivity contribution in [2.75, 3.05) is 6.54 Å². The molecule has 1 unspecified atom stereocenters. The van der Waals surface area contributed by atoms with Crippen molar-refractivity contribution in [3.63, 3.8) is 0 Å². The Morgan fingerprint density at radius 1 is 1.19 bits per heavy atom. The highest BCUT2D eigenvalue weighted by molar-refractivity contribution is 6.07. The smallest absolute Gasteiger partial charge is 0.251 e. The minimum atomic E-state index is -0.574. The molecule has 0 aliphatic rings. The average Bonchev–Trinajstić information content (AvgIpc) is 3.15. The van der Waals surface area contributed by atoms with Gasteiger partial charge in [0.05, 0.1) is 11.2 Å². The van der Waals surface area contributed by atoms with Crippen LogP contribution < -0.4 is 11.1 Å². The quantitative estimate of drug-likeness (QED) is 0.439. The van der Waals surface area contributed by atoms with Crippen molar-refractivity contribution in [2.24, 2.45) is 5.73 Å². The van der Waals surface area contributed by atoms with Crippen LogP contribution >= 0.6 is 0 Å². The van der Waals surface area contributed by atoms with Crippen LogP contribution in [0.5, 0.6) is 0 Å². The summed E-state index contributed by atoms with van der Waals surface area (Å²) in [5, 5.41) is 12.8. The summed E-state index contributed by atoms with van der Waals surface area (Å²) in [6.07, 6.45) is 0.529. The standard InChI is InChI=1S/C24H26FN5O/c1-14(13-26)21-22-20(17-6-4-5-7-18(17)27-21)19(29-30-22)12-24(2,3)28-23(31)15-8-10-16(25)11-9-15/h4-11,14H,12-13,26H2,1-3H3,(H,28,31)(H,29,30). The minimum absolute atomic E-state index is 0.0643. The highest BCUT2D eigenvalue weighted by Crippen LogP contribution is 2.32. The first-order chi connectivity index (χ1) is 14.8. The molecule has 31 heavy (non-hydrogen) atoms. The molecule has 0 aliphatic heterocycles. The van der Waals surface area contributed by atoms with Gasteiger partial charge in [0.1, 0.15) is 11.3 Å². The van der Waals surface area contributed by atoms with Gasteiger partial charge in [0.15, 0.2) is 0 Å². The number of nitrogens with one attached hydrogen (secondary N) is 2. The van der Waals surface area contributed by atoms with Crippen molar-refractivity contribution in [3.8, 4) is 0 Å². The second kappa shape index (κ2) is 8.07. The fourth-order valence-corrected chi connectivity index (χ4v) is 3.87. The summed E-state index contributed by atoms with van der Waals surface area (Å²) in [6.45, 7) is 6.42. The van der Waals surface area contributed by atoms with Crippen LogP contribution in [0.3, 0.4) is 0 Å². The molecule has 0 bridgehead atoms. The van der Waals surface area contributed by atoms with Gasteiger partial charge in [0, 0.05) is 46.5 Å². The molecule has 4 N–H and O–H groups in total. The summed E-state index contributed by atoms with van der Waals surface area (Å²) in [4.78, 5) is 17.5. The number of hydrogen-bond donors (Lipinski definition) is 3. The third-order valence-corrected chi connectivity index (χ3v) is 5.50. The molecule has 0 saturated heterocycles. The van der Waals surface area contributed by atoms with Crippen LogP contribution in [-0.4, -0.2) is 33.2 Å². The molecule has 0 radical (unpaired) electrons. The summed E-state index contributed by atoms with van der Waals surface area (Å²) < 4.78 is 13.2. The SMILES string of the molecule is CC(CN)c1nc2ccccc2c2c(CC(C)(C)NC(=O)c3ccc(F)cc3)[nH]nc12. The maximum Gasteiger partial charge on any atom is 0.251 e. The number of nitrogens with zero attached hydrogens (tertiary/aromatic N) is 2. The highest BCUT2D eigenvalue weighted by Gasteiger charge is 2.26. The third-order valence-electron chi connectivity index (χ3n) is 5.50. The van der Waals surface area contributed by atoms with E-state index in [9.17, 15) is 9.18 Å². The Morgan fingerprint density at radius 3 is 2.61 bits per heavy atom. The number of hydrogen-bond acceptors (Lipinski definition) is 4. The van der Waals surface area contributed by atoms with E-state index in [2.05, 4.69) is 15.5 Å². The van der Waals surface area contributed by atoms with E-state index in [1.807, 2.05) is 45.0 Å². The highest BCUT2D eigenvalue weighted by atomic mass is 19.1. The van der Waals surface area contributed by atoms with Crippen LogP contribution in [-0.2, 0) is 6.42 Å². The second-order valence-electron chi connectivity index (χ2n) is 8.60. The van der Waals surface area contributed by atoms with Crippen molar-refractivity contribution < 1.29 is 9.18 Å². The van der Waals surface area contributed by atoms with Crippen LogP contribution in [0.1, 0.15) is 48.4 Å². The fraction of sp³-hybridized carbons (Fsp3) is 0.292. The number of amides is 1. The molecule has 0 saturated carbocycles. The lowest BCUT2D eigenvalue weighted by atomic mass is 9.94. The first-order valence-electron chi connectivity index (χ1n) is 10.3. The van der Waals surface area contributed by atoms with Crippen molar-refractivity contribution >= 4 is 27.7 Å². The lowest BCUT2D eigenvalue weighted by molar-refractivity contribution is 0.0912. The third kappa shape index (κ3) is 4.14. The molecule has 2 aromatic carbocycles. The molecule has 0 fully saturated rings. The number of nitrogens with two attached hydrogens (primary N) is 1. The van der Waals surface area contributed by atoms with Gasteiger partial charge in [-0.1, -0.05) is 25.1 Å². The summed E-state index contributed by atoms with van der Waals surface area (Å²) in [5.74, 6) is -0.560. The second-order valence-corrected chi connectivity index (χ2v) is 8.60. The van der Waals surface area contributed by atoms with Gasteiger partial charge >= 0.3 is 0 Å². The number of aromatic nitrogens is 3. The molecule has 7 heteroatoms. The van der Waals surface area contributed by atoms with Gasteiger partial charge in [-0.25, -0.2) is 4.39 Å². The van der Waals surface area contributed by atoms with Gasteiger partial charge < -0.3 is 11.1 Å². The number of carbonyl (C=O) groups is 1. The molecule has 6 nitrogen and oxygen atoms in total. The maximum atomic E-state index is 13.2. The Morgan fingerprint density at radius 2 is 1.90 bits per heavy atom. The van der Waals surface area contributed by atoms with Crippen LogP contribution in [0.25, 0.3) is 21.8 Å². The van der Waals surface area contributed by atoms with Gasteiger partial charge in [0.2, 0.25) is 0 Å².